The van der Waals surface area contributed by atoms with Gasteiger partial charge in [0.2, 0.25) is 0 Å². The molecule has 0 N–H and O–H groups in total. The number of benzene rings is 2. The van der Waals surface area contributed by atoms with Crippen LogP contribution in [0, 0.1) is 13.8 Å². The van der Waals surface area contributed by atoms with Crippen molar-refractivity contribution in [3.8, 4) is 11.3 Å². The molecule has 9 heteroatoms. The van der Waals surface area contributed by atoms with Crippen molar-refractivity contribution in [1.29, 1.82) is 0 Å². The van der Waals surface area contributed by atoms with Gasteiger partial charge in [-0.25, -0.2) is 4.79 Å². The normalized spacial score (nSPS) is 11.5. The molecular weight excluding hydrogens is 468 g/mol. The largest absolute Gasteiger partial charge is 0.361 e. The summed E-state index contributed by atoms with van der Waals surface area (Å²) in [5.74, 6) is 0.621. The summed E-state index contributed by atoms with van der Waals surface area (Å²) in [5.41, 5.74) is 3.43. The van der Waals surface area contributed by atoms with Crippen LogP contribution in [0.25, 0.3) is 33.1 Å². The number of pyridine rings is 1. The van der Waals surface area contributed by atoms with Crippen LogP contribution in [-0.4, -0.2) is 29.1 Å². The molecule has 0 radical (unpaired) electrons. The van der Waals surface area contributed by atoms with Crippen molar-refractivity contribution in [2.75, 3.05) is 0 Å². The van der Waals surface area contributed by atoms with Crippen LogP contribution >= 0.6 is 0 Å². The molecule has 0 aliphatic rings. The number of aromatic nitrogens is 6. The maximum absolute atomic E-state index is 13.6. The molecule has 0 atom stereocenters. The van der Waals surface area contributed by atoms with Crippen molar-refractivity contribution >= 4 is 21.8 Å². The second kappa shape index (κ2) is 8.70. The Balaban J connectivity index is 1.65. The first-order chi connectivity index (χ1) is 17.9. The van der Waals surface area contributed by atoms with Gasteiger partial charge in [0.05, 0.1) is 24.5 Å². The maximum Gasteiger partial charge on any atom is 0.332 e. The number of rotatable bonds is 5. The van der Waals surface area contributed by atoms with Crippen LogP contribution < -0.4 is 11.2 Å². The predicted octanol–water partition coefficient (Wildman–Crippen LogP) is 3.81. The molecule has 0 fully saturated rings. The van der Waals surface area contributed by atoms with E-state index < -0.39 is 11.2 Å². The number of aryl methyl sites for hydroxylation is 2. The van der Waals surface area contributed by atoms with Crippen LogP contribution in [0.2, 0.25) is 0 Å². The molecule has 9 nitrogen and oxygen atoms in total. The van der Waals surface area contributed by atoms with Crippen LogP contribution in [0.3, 0.4) is 0 Å². The molecule has 0 amide bonds. The SMILES string of the molecule is Cc1noc(C)c1Cn1c(=O)n(C)c(=O)c2c(-c3ccncc3)n(Cc3cccc4ccccc34)nc21. The standard InChI is InChI=1S/C28H24N6O3/c1-17-23(18(2)37-31-17)16-33-26-24(27(35)32(3)28(33)36)25(20-11-13-29-14-12-20)34(30-26)15-21-9-6-8-19-7-4-5-10-22(19)21/h4-14H,15-16H2,1-3H3. The number of hydrogen-bond acceptors (Lipinski definition) is 6. The van der Waals surface area contributed by atoms with E-state index in [9.17, 15) is 9.59 Å². The Morgan fingerprint density at radius 2 is 1.68 bits per heavy atom. The molecule has 6 aromatic rings. The first kappa shape index (κ1) is 22.7. The molecule has 0 saturated heterocycles. The fourth-order valence-corrected chi connectivity index (χ4v) is 4.90. The van der Waals surface area contributed by atoms with Gasteiger partial charge < -0.3 is 4.52 Å². The van der Waals surface area contributed by atoms with E-state index in [4.69, 9.17) is 9.62 Å². The number of nitrogens with zero attached hydrogens (tertiary/aromatic N) is 6. The van der Waals surface area contributed by atoms with Gasteiger partial charge >= 0.3 is 5.69 Å². The first-order valence-corrected chi connectivity index (χ1v) is 11.9. The average Bonchev–Trinajstić information content (AvgIpc) is 3.45. The van der Waals surface area contributed by atoms with E-state index in [0.29, 0.717) is 34.7 Å². The van der Waals surface area contributed by atoms with Crippen molar-refractivity contribution in [3.05, 3.63) is 110 Å². The summed E-state index contributed by atoms with van der Waals surface area (Å²) < 4.78 is 9.79. The molecule has 184 valence electrons. The zero-order chi connectivity index (χ0) is 25.7. The van der Waals surface area contributed by atoms with Gasteiger partial charge in [0.1, 0.15) is 11.1 Å². The topological polar surface area (TPSA) is 101 Å². The van der Waals surface area contributed by atoms with Gasteiger partial charge in [-0.15, -0.1) is 0 Å². The molecule has 0 aliphatic heterocycles. The van der Waals surface area contributed by atoms with Crippen molar-refractivity contribution in [1.82, 2.24) is 29.1 Å². The summed E-state index contributed by atoms with van der Waals surface area (Å²) in [6.45, 7) is 4.24. The summed E-state index contributed by atoms with van der Waals surface area (Å²) in [4.78, 5) is 31.1. The Kier molecular flexibility index (Phi) is 5.33. The van der Waals surface area contributed by atoms with Crippen LogP contribution in [0.1, 0.15) is 22.6 Å². The van der Waals surface area contributed by atoms with Crippen molar-refractivity contribution < 1.29 is 4.52 Å². The first-order valence-electron chi connectivity index (χ1n) is 11.9. The lowest BCUT2D eigenvalue weighted by Gasteiger charge is -2.10. The van der Waals surface area contributed by atoms with E-state index in [1.807, 2.05) is 41.9 Å². The van der Waals surface area contributed by atoms with E-state index >= 15 is 0 Å². The van der Waals surface area contributed by atoms with Gasteiger partial charge in [-0.1, -0.05) is 47.6 Å². The Bertz CT molecular complexity index is 1890. The molecule has 0 bridgehead atoms. The second-order valence-corrected chi connectivity index (χ2v) is 9.11. The maximum atomic E-state index is 13.6. The summed E-state index contributed by atoms with van der Waals surface area (Å²) in [7, 11) is 1.49. The van der Waals surface area contributed by atoms with E-state index in [-0.39, 0.29) is 6.54 Å². The van der Waals surface area contributed by atoms with Crippen LogP contribution in [-0.2, 0) is 20.1 Å². The van der Waals surface area contributed by atoms with E-state index in [0.717, 1.165) is 32.0 Å². The average molecular weight is 493 g/mol. The zero-order valence-electron chi connectivity index (χ0n) is 20.7. The Hall–Kier alpha value is -4.79. The molecule has 6 rings (SSSR count). The van der Waals surface area contributed by atoms with Crippen molar-refractivity contribution in [2.24, 2.45) is 7.05 Å². The minimum absolute atomic E-state index is 0.186. The van der Waals surface area contributed by atoms with Gasteiger partial charge in [0, 0.05) is 30.6 Å². The van der Waals surface area contributed by atoms with Crippen molar-refractivity contribution in [3.63, 3.8) is 0 Å². The Morgan fingerprint density at radius 1 is 0.919 bits per heavy atom. The molecule has 4 heterocycles. The van der Waals surface area contributed by atoms with Crippen LogP contribution in [0.5, 0.6) is 0 Å². The molecule has 2 aromatic carbocycles. The van der Waals surface area contributed by atoms with Crippen LogP contribution in [0.4, 0.5) is 0 Å². The number of fused-ring (bicyclic) bond motifs is 2. The minimum atomic E-state index is -0.450. The summed E-state index contributed by atoms with van der Waals surface area (Å²) in [5, 5.41) is 11.5. The highest BCUT2D eigenvalue weighted by Gasteiger charge is 2.24. The summed E-state index contributed by atoms with van der Waals surface area (Å²) >= 11 is 0. The van der Waals surface area contributed by atoms with Crippen molar-refractivity contribution in [2.45, 2.75) is 26.9 Å². The third kappa shape index (κ3) is 3.67. The molecule has 4 aromatic heterocycles. The van der Waals surface area contributed by atoms with Gasteiger partial charge in [-0.3, -0.25) is 23.6 Å². The highest BCUT2D eigenvalue weighted by atomic mass is 16.5. The Morgan fingerprint density at radius 3 is 2.43 bits per heavy atom. The van der Waals surface area contributed by atoms with E-state index in [1.54, 1.807) is 19.3 Å². The van der Waals surface area contributed by atoms with Gasteiger partial charge in [-0.2, -0.15) is 5.10 Å². The van der Waals surface area contributed by atoms with Gasteiger partial charge in [0.15, 0.2) is 5.65 Å². The number of hydrogen-bond donors (Lipinski definition) is 0. The molecule has 0 aliphatic carbocycles. The lowest BCUT2D eigenvalue weighted by molar-refractivity contribution is 0.392. The highest BCUT2D eigenvalue weighted by molar-refractivity contribution is 5.91. The van der Waals surface area contributed by atoms with E-state index in [1.165, 1.54) is 11.6 Å². The molecule has 0 unspecified atom stereocenters. The quantitative estimate of drug-likeness (QED) is 0.363. The summed E-state index contributed by atoms with van der Waals surface area (Å²) in [6.07, 6.45) is 3.36. The molecule has 0 saturated carbocycles. The summed E-state index contributed by atoms with van der Waals surface area (Å²) in [6, 6.07) is 18.0. The third-order valence-corrected chi connectivity index (χ3v) is 6.88. The lowest BCUT2D eigenvalue weighted by atomic mass is 10.0. The fourth-order valence-electron chi connectivity index (χ4n) is 4.90. The smallest absolute Gasteiger partial charge is 0.332 e. The van der Waals surface area contributed by atoms with E-state index in [2.05, 4.69) is 34.4 Å². The monoisotopic (exact) mass is 492 g/mol. The van der Waals surface area contributed by atoms with Crippen LogP contribution in [0.15, 0.2) is 81.1 Å². The Labute approximate surface area is 211 Å². The predicted molar refractivity (Wildman–Crippen MR) is 141 cm³/mol. The highest BCUT2D eigenvalue weighted by Crippen LogP contribution is 2.28. The lowest BCUT2D eigenvalue weighted by Crippen LogP contribution is -2.38. The third-order valence-electron chi connectivity index (χ3n) is 6.88. The van der Waals surface area contributed by atoms with Gasteiger partial charge in [-0.05, 0) is 42.3 Å². The molecule has 0 spiro atoms. The van der Waals surface area contributed by atoms with Gasteiger partial charge in [0.25, 0.3) is 5.56 Å². The molecule has 37 heavy (non-hydrogen) atoms. The second-order valence-electron chi connectivity index (χ2n) is 9.11. The zero-order valence-corrected chi connectivity index (χ0v) is 20.7. The molecular formula is C28H24N6O3. The minimum Gasteiger partial charge on any atom is -0.361 e. The fraction of sp³-hybridized carbons (Fsp3) is 0.179.